The van der Waals surface area contributed by atoms with Crippen molar-refractivity contribution in [3.05, 3.63) is 30.1 Å². The van der Waals surface area contributed by atoms with Gasteiger partial charge in [-0.1, -0.05) is 23.5 Å². The molecule has 0 aliphatic rings. The van der Waals surface area contributed by atoms with Gasteiger partial charge < -0.3 is 5.32 Å². The lowest BCUT2D eigenvalue weighted by Crippen LogP contribution is -1.84. The SMILES string of the molecule is CNc1nnc(-c2cccc(F)c2)s1. The standard InChI is InChI=1S/C9H8FN3S/c1-11-9-13-12-8(14-9)6-3-2-4-7(10)5-6/h2-5H,1H3,(H,11,13). The van der Waals surface area contributed by atoms with Crippen molar-refractivity contribution in [3.8, 4) is 10.6 Å². The average molecular weight is 209 g/mol. The smallest absolute Gasteiger partial charge is 0.205 e. The summed E-state index contributed by atoms with van der Waals surface area (Å²) in [6.07, 6.45) is 0. The molecule has 5 heteroatoms. The number of rotatable bonds is 2. The Morgan fingerprint density at radius 2 is 2.21 bits per heavy atom. The van der Waals surface area contributed by atoms with Crippen LogP contribution in [-0.2, 0) is 0 Å². The van der Waals surface area contributed by atoms with Crippen molar-refractivity contribution in [2.75, 3.05) is 12.4 Å². The van der Waals surface area contributed by atoms with Gasteiger partial charge >= 0.3 is 0 Å². The number of anilines is 1. The van der Waals surface area contributed by atoms with Crippen molar-refractivity contribution in [2.45, 2.75) is 0 Å². The van der Waals surface area contributed by atoms with Gasteiger partial charge in [0, 0.05) is 12.6 Å². The first-order chi connectivity index (χ1) is 6.79. The lowest BCUT2D eigenvalue weighted by atomic mass is 10.2. The summed E-state index contributed by atoms with van der Waals surface area (Å²) in [5.41, 5.74) is 0.754. The lowest BCUT2D eigenvalue weighted by molar-refractivity contribution is 0.628. The minimum Gasteiger partial charge on any atom is -0.363 e. The van der Waals surface area contributed by atoms with Crippen LogP contribution in [0.5, 0.6) is 0 Å². The molecule has 0 amide bonds. The van der Waals surface area contributed by atoms with E-state index in [9.17, 15) is 4.39 Å². The summed E-state index contributed by atoms with van der Waals surface area (Å²) in [6.45, 7) is 0. The van der Waals surface area contributed by atoms with Crippen LogP contribution in [0.1, 0.15) is 0 Å². The molecule has 0 radical (unpaired) electrons. The third-order valence-corrected chi connectivity index (χ3v) is 2.70. The van der Waals surface area contributed by atoms with E-state index in [-0.39, 0.29) is 5.82 Å². The summed E-state index contributed by atoms with van der Waals surface area (Å²) in [5, 5.41) is 12.1. The molecule has 1 N–H and O–H groups in total. The molecular weight excluding hydrogens is 201 g/mol. The number of nitrogens with one attached hydrogen (secondary N) is 1. The van der Waals surface area contributed by atoms with Gasteiger partial charge in [-0.15, -0.1) is 10.2 Å². The monoisotopic (exact) mass is 209 g/mol. The predicted molar refractivity (Wildman–Crippen MR) is 54.8 cm³/mol. The first kappa shape index (κ1) is 9.08. The van der Waals surface area contributed by atoms with E-state index in [1.54, 1.807) is 13.1 Å². The second-order valence-corrected chi connectivity index (χ2v) is 3.65. The molecule has 0 atom stereocenters. The summed E-state index contributed by atoms with van der Waals surface area (Å²) >= 11 is 1.39. The second kappa shape index (κ2) is 3.71. The highest BCUT2D eigenvalue weighted by Crippen LogP contribution is 2.25. The Balaban J connectivity index is 2.39. The first-order valence-corrected chi connectivity index (χ1v) is 4.88. The van der Waals surface area contributed by atoms with Crippen molar-refractivity contribution in [1.82, 2.24) is 10.2 Å². The number of hydrogen-bond donors (Lipinski definition) is 1. The first-order valence-electron chi connectivity index (χ1n) is 4.07. The summed E-state index contributed by atoms with van der Waals surface area (Å²) < 4.78 is 12.9. The number of hydrogen-bond acceptors (Lipinski definition) is 4. The van der Waals surface area contributed by atoms with Gasteiger partial charge in [-0.25, -0.2) is 4.39 Å². The van der Waals surface area contributed by atoms with Crippen molar-refractivity contribution in [3.63, 3.8) is 0 Å². The van der Waals surface area contributed by atoms with Gasteiger partial charge in [0.1, 0.15) is 10.8 Å². The fourth-order valence-corrected chi connectivity index (χ4v) is 1.76. The molecule has 1 heterocycles. The van der Waals surface area contributed by atoms with Crippen LogP contribution < -0.4 is 5.32 Å². The van der Waals surface area contributed by atoms with Gasteiger partial charge in [0.15, 0.2) is 0 Å². The molecule has 2 aromatic rings. The third kappa shape index (κ3) is 1.72. The molecule has 2 rings (SSSR count). The van der Waals surface area contributed by atoms with E-state index >= 15 is 0 Å². The summed E-state index contributed by atoms with van der Waals surface area (Å²) in [4.78, 5) is 0. The zero-order valence-electron chi connectivity index (χ0n) is 7.49. The topological polar surface area (TPSA) is 37.8 Å². The van der Waals surface area contributed by atoms with E-state index in [4.69, 9.17) is 0 Å². The van der Waals surface area contributed by atoms with Crippen molar-refractivity contribution in [2.24, 2.45) is 0 Å². The maximum absolute atomic E-state index is 12.9. The molecule has 0 fully saturated rings. The van der Waals surface area contributed by atoms with E-state index in [2.05, 4.69) is 15.5 Å². The van der Waals surface area contributed by atoms with E-state index in [0.29, 0.717) is 5.01 Å². The summed E-state index contributed by atoms with van der Waals surface area (Å²) in [7, 11) is 1.77. The summed E-state index contributed by atoms with van der Waals surface area (Å²) in [6, 6.07) is 6.32. The minimum absolute atomic E-state index is 0.260. The zero-order chi connectivity index (χ0) is 9.97. The molecule has 0 aliphatic heterocycles. The summed E-state index contributed by atoms with van der Waals surface area (Å²) in [5.74, 6) is -0.260. The predicted octanol–water partition coefficient (Wildman–Crippen LogP) is 2.39. The van der Waals surface area contributed by atoms with Gasteiger partial charge in [-0.3, -0.25) is 0 Å². The van der Waals surface area contributed by atoms with E-state index < -0.39 is 0 Å². The van der Waals surface area contributed by atoms with Crippen LogP contribution in [0.15, 0.2) is 24.3 Å². The van der Waals surface area contributed by atoms with Crippen LogP contribution in [0.4, 0.5) is 9.52 Å². The Kier molecular flexibility index (Phi) is 2.41. The molecule has 0 spiro atoms. The van der Waals surface area contributed by atoms with E-state index in [1.807, 2.05) is 6.07 Å². The molecule has 1 aromatic heterocycles. The molecule has 0 unspecified atom stereocenters. The largest absolute Gasteiger partial charge is 0.363 e. The third-order valence-electron chi connectivity index (χ3n) is 1.71. The fourth-order valence-electron chi connectivity index (χ4n) is 1.06. The van der Waals surface area contributed by atoms with Crippen molar-refractivity contribution in [1.29, 1.82) is 0 Å². The Labute approximate surface area is 84.6 Å². The number of aromatic nitrogens is 2. The Bertz CT molecular complexity index is 441. The Morgan fingerprint density at radius 3 is 2.86 bits per heavy atom. The van der Waals surface area contributed by atoms with Crippen LogP contribution in [0, 0.1) is 5.82 Å². The number of halogens is 1. The highest BCUT2D eigenvalue weighted by molar-refractivity contribution is 7.18. The van der Waals surface area contributed by atoms with Crippen LogP contribution in [0.3, 0.4) is 0 Å². The fraction of sp³-hybridized carbons (Fsp3) is 0.111. The van der Waals surface area contributed by atoms with E-state index in [0.717, 1.165) is 10.7 Å². The quantitative estimate of drug-likeness (QED) is 0.825. The maximum atomic E-state index is 12.9. The van der Waals surface area contributed by atoms with Crippen molar-refractivity contribution < 1.29 is 4.39 Å². The molecule has 72 valence electrons. The van der Waals surface area contributed by atoms with Crippen LogP contribution in [-0.4, -0.2) is 17.2 Å². The molecule has 1 aromatic carbocycles. The molecule has 0 saturated heterocycles. The normalized spacial score (nSPS) is 10.1. The number of nitrogens with zero attached hydrogens (tertiary/aromatic N) is 2. The van der Waals surface area contributed by atoms with Crippen LogP contribution in [0.25, 0.3) is 10.6 Å². The lowest BCUT2D eigenvalue weighted by Gasteiger charge is -1.93. The molecular formula is C9H8FN3S. The highest BCUT2D eigenvalue weighted by atomic mass is 32.1. The van der Waals surface area contributed by atoms with Gasteiger partial charge in [0.2, 0.25) is 5.13 Å². The van der Waals surface area contributed by atoms with E-state index in [1.165, 1.54) is 23.5 Å². The molecule has 0 bridgehead atoms. The molecule has 0 aliphatic carbocycles. The maximum Gasteiger partial charge on any atom is 0.205 e. The van der Waals surface area contributed by atoms with Gasteiger partial charge in [0.25, 0.3) is 0 Å². The molecule has 3 nitrogen and oxygen atoms in total. The zero-order valence-corrected chi connectivity index (χ0v) is 8.31. The Morgan fingerprint density at radius 1 is 1.36 bits per heavy atom. The highest BCUT2D eigenvalue weighted by Gasteiger charge is 2.05. The van der Waals surface area contributed by atoms with Crippen molar-refractivity contribution >= 4 is 16.5 Å². The van der Waals surface area contributed by atoms with Gasteiger partial charge in [-0.05, 0) is 12.1 Å². The number of benzene rings is 1. The molecule has 14 heavy (non-hydrogen) atoms. The van der Waals surface area contributed by atoms with Gasteiger partial charge in [-0.2, -0.15) is 0 Å². The van der Waals surface area contributed by atoms with Crippen LogP contribution >= 0.6 is 11.3 Å². The van der Waals surface area contributed by atoms with Gasteiger partial charge in [0.05, 0.1) is 0 Å². The second-order valence-electron chi connectivity index (χ2n) is 2.67. The average Bonchev–Trinajstić information content (AvgIpc) is 2.66. The van der Waals surface area contributed by atoms with Crippen LogP contribution in [0.2, 0.25) is 0 Å². The Hall–Kier alpha value is -1.49. The molecule has 0 saturated carbocycles. The minimum atomic E-state index is -0.260.